The zero-order valence-electron chi connectivity index (χ0n) is 11.1. The number of hydrogen-bond acceptors (Lipinski definition) is 2. The monoisotopic (exact) mass is 249 g/mol. The van der Waals surface area contributed by atoms with E-state index in [2.05, 4.69) is 55.2 Å². The summed E-state index contributed by atoms with van der Waals surface area (Å²) >= 11 is 0. The summed E-state index contributed by atoms with van der Waals surface area (Å²) < 4.78 is 5.82. The van der Waals surface area contributed by atoms with Gasteiger partial charge in [-0.25, -0.2) is 4.98 Å². The number of aryl methyl sites for hydroxylation is 2. The Kier molecular flexibility index (Phi) is 2.92. The Bertz CT molecular complexity index is 618. The molecule has 0 amide bonds. The summed E-state index contributed by atoms with van der Waals surface area (Å²) in [6, 6.07) is 16.4. The minimum absolute atomic E-state index is 0.663. The molecule has 1 aromatic heterocycles. The number of hydrogen-bond donors (Lipinski definition) is 0. The molecular weight excluding hydrogens is 234 g/mol. The number of rotatable bonds is 2. The molecule has 0 aliphatic heterocycles. The number of oxazole rings is 1. The second-order valence-electron chi connectivity index (χ2n) is 4.76. The fraction of sp³-hybridized carbons (Fsp3) is 0.118. The lowest BCUT2D eigenvalue weighted by Gasteiger charge is -1.98. The van der Waals surface area contributed by atoms with Crippen LogP contribution in [-0.2, 0) is 0 Å². The molecule has 2 aromatic carbocycles. The lowest BCUT2D eigenvalue weighted by molar-refractivity contribution is 0.589. The fourth-order valence-electron chi connectivity index (χ4n) is 1.95. The molecule has 19 heavy (non-hydrogen) atoms. The molecule has 0 N–H and O–H groups in total. The summed E-state index contributed by atoms with van der Waals surface area (Å²) in [7, 11) is 0. The van der Waals surface area contributed by atoms with Crippen LogP contribution in [0.25, 0.3) is 22.8 Å². The van der Waals surface area contributed by atoms with Crippen molar-refractivity contribution in [1.82, 2.24) is 4.98 Å². The third-order valence-electron chi connectivity index (χ3n) is 3.14. The van der Waals surface area contributed by atoms with Gasteiger partial charge in [-0.15, -0.1) is 0 Å². The predicted molar refractivity (Wildman–Crippen MR) is 76.8 cm³/mol. The van der Waals surface area contributed by atoms with Crippen LogP contribution < -0.4 is 0 Å². The van der Waals surface area contributed by atoms with Crippen LogP contribution in [0.5, 0.6) is 0 Å². The fourth-order valence-corrected chi connectivity index (χ4v) is 1.95. The molecule has 94 valence electrons. The maximum absolute atomic E-state index is 5.82. The number of nitrogens with zero attached hydrogens (tertiary/aromatic N) is 1. The lowest BCUT2D eigenvalue weighted by Crippen LogP contribution is -1.77. The van der Waals surface area contributed by atoms with Crippen LogP contribution in [0.1, 0.15) is 11.1 Å². The Morgan fingerprint density at radius 1 is 0.737 bits per heavy atom. The highest BCUT2D eigenvalue weighted by Crippen LogP contribution is 2.26. The van der Waals surface area contributed by atoms with Crippen LogP contribution in [0, 0.1) is 13.8 Å². The van der Waals surface area contributed by atoms with Crippen molar-refractivity contribution in [3.8, 4) is 22.8 Å². The molecule has 1 heterocycles. The van der Waals surface area contributed by atoms with Gasteiger partial charge in [-0.2, -0.15) is 0 Å². The molecule has 0 atom stereocenters. The van der Waals surface area contributed by atoms with E-state index in [1.165, 1.54) is 11.1 Å². The molecule has 3 rings (SSSR count). The van der Waals surface area contributed by atoms with Crippen molar-refractivity contribution < 1.29 is 4.42 Å². The normalized spacial score (nSPS) is 10.6. The van der Waals surface area contributed by atoms with E-state index in [0.717, 1.165) is 16.9 Å². The van der Waals surface area contributed by atoms with Crippen LogP contribution in [0.4, 0.5) is 0 Å². The molecule has 0 unspecified atom stereocenters. The summed E-state index contributed by atoms with van der Waals surface area (Å²) in [5.41, 5.74) is 4.52. The third kappa shape index (κ3) is 2.43. The van der Waals surface area contributed by atoms with Crippen molar-refractivity contribution in [3.63, 3.8) is 0 Å². The third-order valence-corrected chi connectivity index (χ3v) is 3.14. The Morgan fingerprint density at radius 3 is 1.84 bits per heavy atom. The van der Waals surface area contributed by atoms with E-state index in [1.807, 2.05) is 12.1 Å². The largest absolute Gasteiger partial charge is 0.436 e. The van der Waals surface area contributed by atoms with Gasteiger partial charge >= 0.3 is 0 Å². The van der Waals surface area contributed by atoms with E-state index in [4.69, 9.17) is 4.42 Å². The molecule has 0 spiro atoms. The minimum Gasteiger partial charge on any atom is -0.436 e. The van der Waals surface area contributed by atoms with Crippen LogP contribution in [0.2, 0.25) is 0 Å². The average Bonchev–Trinajstić information content (AvgIpc) is 2.90. The summed E-state index contributed by atoms with van der Waals surface area (Å²) in [5, 5.41) is 0. The van der Waals surface area contributed by atoms with Crippen LogP contribution in [0.3, 0.4) is 0 Å². The maximum atomic E-state index is 5.82. The standard InChI is InChI=1S/C17H15NO/c1-12-3-7-14(8-4-12)16-11-18-17(19-16)15-9-5-13(2)6-10-15/h3-11H,1-2H3. The first-order valence-electron chi connectivity index (χ1n) is 6.32. The Balaban J connectivity index is 1.95. The first-order chi connectivity index (χ1) is 9.22. The van der Waals surface area contributed by atoms with E-state index in [9.17, 15) is 0 Å². The van der Waals surface area contributed by atoms with Crippen molar-refractivity contribution >= 4 is 0 Å². The van der Waals surface area contributed by atoms with Gasteiger partial charge < -0.3 is 4.42 Å². The SMILES string of the molecule is Cc1ccc(-c2cnc(-c3ccc(C)cc3)o2)cc1. The molecule has 0 bridgehead atoms. The first-order valence-corrected chi connectivity index (χ1v) is 6.32. The second kappa shape index (κ2) is 4.73. The molecule has 0 aliphatic rings. The quantitative estimate of drug-likeness (QED) is 0.662. The average molecular weight is 249 g/mol. The zero-order chi connectivity index (χ0) is 13.2. The van der Waals surface area contributed by atoms with Gasteiger partial charge in [-0.3, -0.25) is 0 Å². The van der Waals surface area contributed by atoms with Crippen molar-refractivity contribution in [2.24, 2.45) is 0 Å². The zero-order valence-corrected chi connectivity index (χ0v) is 11.1. The predicted octanol–water partition coefficient (Wildman–Crippen LogP) is 4.63. The summed E-state index contributed by atoms with van der Waals surface area (Å²) in [6.45, 7) is 4.14. The summed E-state index contributed by atoms with van der Waals surface area (Å²) in [6.07, 6.45) is 1.78. The van der Waals surface area contributed by atoms with Gasteiger partial charge in [-0.05, 0) is 26.0 Å². The highest BCUT2D eigenvalue weighted by molar-refractivity contribution is 5.61. The van der Waals surface area contributed by atoms with E-state index < -0.39 is 0 Å². The van der Waals surface area contributed by atoms with Crippen LogP contribution in [0.15, 0.2) is 59.1 Å². The highest BCUT2D eigenvalue weighted by atomic mass is 16.4. The van der Waals surface area contributed by atoms with Crippen molar-refractivity contribution in [3.05, 3.63) is 65.9 Å². The summed E-state index contributed by atoms with van der Waals surface area (Å²) in [5.74, 6) is 1.46. The Hall–Kier alpha value is -2.35. The van der Waals surface area contributed by atoms with Gasteiger partial charge in [0.1, 0.15) is 0 Å². The molecule has 0 fully saturated rings. The van der Waals surface area contributed by atoms with Gasteiger partial charge in [-0.1, -0.05) is 47.5 Å². The Labute approximate surface area is 112 Å². The lowest BCUT2D eigenvalue weighted by atomic mass is 10.1. The van der Waals surface area contributed by atoms with Crippen molar-refractivity contribution in [1.29, 1.82) is 0 Å². The highest BCUT2D eigenvalue weighted by Gasteiger charge is 2.07. The maximum Gasteiger partial charge on any atom is 0.226 e. The van der Waals surface area contributed by atoms with E-state index >= 15 is 0 Å². The molecule has 2 nitrogen and oxygen atoms in total. The minimum atomic E-state index is 0.663. The molecule has 3 aromatic rings. The number of aromatic nitrogens is 1. The molecule has 0 saturated heterocycles. The van der Waals surface area contributed by atoms with Gasteiger partial charge in [0.15, 0.2) is 5.76 Å². The van der Waals surface area contributed by atoms with Gasteiger partial charge in [0.2, 0.25) is 5.89 Å². The van der Waals surface area contributed by atoms with Gasteiger partial charge in [0.25, 0.3) is 0 Å². The molecule has 0 saturated carbocycles. The van der Waals surface area contributed by atoms with Crippen molar-refractivity contribution in [2.45, 2.75) is 13.8 Å². The van der Waals surface area contributed by atoms with Crippen LogP contribution in [-0.4, -0.2) is 4.98 Å². The first kappa shape index (κ1) is 11.7. The molecule has 2 heteroatoms. The van der Waals surface area contributed by atoms with Crippen LogP contribution >= 0.6 is 0 Å². The van der Waals surface area contributed by atoms with Gasteiger partial charge in [0.05, 0.1) is 6.20 Å². The summed E-state index contributed by atoms with van der Waals surface area (Å²) in [4.78, 5) is 4.35. The van der Waals surface area contributed by atoms with Gasteiger partial charge in [0, 0.05) is 11.1 Å². The molecule has 0 aliphatic carbocycles. The molecular formula is C17H15NO. The topological polar surface area (TPSA) is 26.0 Å². The Morgan fingerprint density at radius 2 is 1.26 bits per heavy atom. The van der Waals surface area contributed by atoms with E-state index in [0.29, 0.717) is 5.89 Å². The second-order valence-corrected chi connectivity index (χ2v) is 4.76. The van der Waals surface area contributed by atoms with E-state index in [-0.39, 0.29) is 0 Å². The smallest absolute Gasteiger partial charge is 0.226 e. The number of benzene rings is 2. The van der Waals surface area contributed by atoms with Crippen molar-refractivity contribution in [2.75, 3.05) is 0 Å². The van der Waals surface area contributed by atoms with E-state index in [1.54, 1.807) is 6.20 Å². The molecule has 0 radical (unpaired) electrons.